The molecule has 0 aliphatic carbocycles. The number of anilines is 1. The average Bonchev–Trinajstić information content (AvgIpc) is 2.72. The molecule has 0 aliphatic heterocycles. The molecule has 3 rings (SSSR count). The lowest BCUT2D eigenvalue weighted by Crippen LogP contribution is -2.27. The van der Waals surface area contributed by atoms with Crippen LogP contribution in [0.3, 0.4) is 0 Å². The molecule has 1 N–H and O–H groups in total. The smallest absolute Gasteiger partial charge is 0.422 e. The molecule has 0 bridgehead atoms. The van der Waals surface area contributed by atoms with Crippen LogP contribution in [0.5, 0.6) is 5.75 Å². The fourth-order valence-electron chi connectivity index (χ4n) is 2.81. The maximum Gasteiger partial charge on any atom is 0.422 e. The number of nitrogens with zero attached hydrogens (tertiary/aromatic N) is 3. The predicted molar refractivity (Wildman–Crippen MR) is 112 cm³/mol. The van der Waals surface area contributed by atoms with Crippen LogP contribution in [0.15, 0.2) is 53.3 Å². The highest BCUT2D eigenvalue weighted by molar-refractivity contribution is 6.31. The van der Waals surface area contributed by atoms with Crippen molar-refractivity contribution in [3.8, 4) is 11.4 Å². The van der Waals surface area contributed by atoms with Crippen molar-refractivity contribution in [3.05, 3.63) is 85.3 Å². The zero-order chi connectivity index (χ0) is 24.3. The van der Waals surface area contributed by atoms with E-state index in [0.29, 0.717) is 0 Å². The first kappa shape index (κ1) is 23.7. The topological polar surface area (TPSA) is 116 Å². The number of aromatic nitrogens is 2. The van der Waals surface area contributed by atoms with Gasteiger partial charge in [0.25, 0.3) is 11.6 Å². The third-order valence-electron chi connectivity index (χ3n) is 4.21. The van der Waals surface area contributed by atoms with Gasteiger partial charge < -0.3 is 10.1 Å². The minimum atomic E-state index is -4.63. The van der Waals surface area contributed by atoms with E-state index in [9.17, 15) is 32.9 Å². The number of hydrogen-bond acceptors (Lipinski definition) is 6. The van der Waals surface area contributed by atoms with Gasteiger partial charge in [-0.15, -0.1) is 0 Å². The van der Waals surface area contributed by atoms with Gasteiger partial charge in [0, 0.05) is 22.8 Å². The number of aryl methyl sites for hydroxylation is 1. The Hall–Kier alpha value is -3.93. The highest BCUT2D eigenvalue weighted by atomic mass is 35.5. The summed E-state index contributed by atoms with van der Waals surface area (Å²) in [5, 5.41) is 17.6. The van der Waals surface area contributed by atoms with E-state index in [4.69, 9.17) is 16.3 Å². The summed E-state index contributed by atoms with van der Waals surface area (Å²) in [4.78, 5) is 35.9. The number of nitro benzene ring substituents is 1. The molecule has 0 radical (unpaired) electrons. The van der Waals surface area contributed by atoms with Gasteiger partial charge in [0.1, 0.15) is 11.4 Å². The van der Waals surface area contributed by atoms with Crippen LogP contribution in [-0.4, -0.2) is 33.4 Å². The average molecular weight is 483 g/mol. The zero-order valence-electron chi connectivity index (χ0n) is 16.7. The van der Waals surface area contributed by atoms with Crippen molar-refractivity contribution in [3.63, 3.8) is 0 Å². The van der Waals surface area contributed by atoms with Crippen molar-refractivity contribution in [1.82, 2.24) is 9.78 Å². The Morgan fingerprint density at radius 3 is 2.61 bits per heavy atom. The number of alkyl halides is 3. The number of nitro groups is 1. The largest absolute Gasteiger partial charge is 0.482 e. The molecule has 3 aromatic rings. The first-order valence-electron chi connectivity index (χ1n) is 9.11. The zero-order valence-corrected chi connectivity index (χ0v) is 17.5. The van der Waals surface area contributed by atoms with Crippen molar-refractivity contribution in [2.75, 3.05) is 11.9 Å². The second-order valence-corrected chi connectivity index (χ2v) is 7.09. The minimum Gasteiger partial charge on any atom is -0.482 e. The fourth-order valence-corrected chi connectivity index (χ4v) is 2.99. The van der Waals surface area contributed by atoms with E-state index in [2.05, 4.69) is 10.4 Å². The van der Waals surface area contributed by atoms with Gasteiger partial charge in [0.2, 0.25) is 5.43 Å². The Morgan fingerprint density at radius 1 is 1.24 bits per heavy atom. The third kappa shape index (κ3) is 5.66. The lowest BCUT2D eigenvalue weighted by molar-refractivity contribution is -0.384. The van der Waals surface area contributed by atoms with Gasteiger partial charge in [0.05, 0.1) is 10.6 Å². The van der Waals surface area contributed by atoms with Crippen LogP contribution >= 0.6 is 11.6 Å². The lowest BCUT2D eigenvalue weighted by atomic mass is 10.2. The summed E-state index contributed by atoms with van der Waals surface area (Å²) in [5.41, 5.74) is -1.79. The van der Waals surface area contributed by atoms with Crippen molar-refractivity contribution in [2.24, 2.45) is 0 Å². The summed E-state index contributed by atoms with van der Waals surface area (Å²) in [5.74, 6) is -1.41. The number of hydrogen-bond donors (Lipinski definition) is 1. The number of carbonyl (C=O) groups excluding carboxylic acids is 1. The maximum absolute atomic E-state index is 12.8. The number of nitrogens with one attached hydrogen (secondary N) is 1. The number of benzene rings is 2. The SMILES string of the molecule is Cc1cc(=O)c(C(=O)Nc2cc(Cl)ccc2OCC(F)(F)F)nn1-c1ccccc1[N+](=O)[O-]. The Morgan fingerprint density at radius 2 is 1.94 bits per heavy atom. The quantitative estimate of drug-likeness (QED) is 0.413. The van der Waals surface area contributed by atoms with Crippen LogP contribution in [0.25, 0.3) is 5.69 Å². The van der Waals surface area contributed by atoms with E-state index < -0.39 is 34.7 Å². The highest BCUT2D eigenvalue weighted by Crippen LogP contribution is 2.30. The Kier molecular flexibility index (Phi) is 6.68. The van der Waals surface area contributed by atoms with Gasteiger partial charge in [-0.1, -0.05) is 23.7 Å². The Balaban J connectivity index is 2.00. The van der Waals surface area contributed by atoms with E-state index >= 15 is 0 Å². The number of carbonyl (C=O) groups is 1. The van der Waals surface area contributed by atoms with Crippen LogP contribution in [0.2, 0.25) is 5.02 Å². The van der Waals surface area contributed by atoms with Crippen LogP contribution < -0.4 is 15.5 Å². The molecule has 33 heavy (non-hydrogen) atoms. The molecule has 0 spiro atoms. The monoisotopic (exact) mass is 482 g/mol. The van der Waals surface area contributed by atoms with Crippen LogP contribution in [0.1, 0.15) is 16.2 Å². The molecule has 1 aromatic heterocycles. The molecular weight excluding hydrogens is 469 g/mol. The predicted octanol–water partition coefficient (Wildman–Crippen LogP) is 4.30. The third-order valence-corrected chi connectivity index (χ3v) is 4.45. The van der Waals surface area contributed by atoms with Crippen LogP contribution in [0, 0.1) is 17.0 Å². The van der Waals surface area contributed by atoms with E-state index in [1.807, 2.05) is 0 Å². The normalized spacial score (nSPS) is 11.2. The van der Waals surface area contributed by atoms with Gasteiger partial charge >= 0.3 is 6.18 Å². The molecule has 0 fully saturated rings. The number of amides is 1. The van der Waals surface area contributed by atoms with Crippen LogP contribution in [0.4, 0.5) is 24.5 Å². The molecule has 2 aromatic carbocycles. The summed E-state index contributed by atoms with van der Waals surface area (Å²) in [6.07, 6.45) is -4.63. The van der Waals surface area contributed by atoms with Crippen molar-refractivity contribution >= 4 is 28.9 Å². The fraction of sp³-hybridized carbons (Fsp3) is 0.150. The molecule has 172 valence electrons. The molecule has 1 amide bonds. The van der Waals surface area contributed by atoms with Gasteiger partial charge in [-0.05, 0) is 31.2 Å². The van der Waals surface area contributed by atoms with Crippen molar-refractivity contribution < 1.29 is 27.6 Å². The van der Waals surface area contributed by atoms with Gasteiger partial charge in [-0.25, -0.2) is 4.68 Å². The van der Waals surface area contributed by atoms with Gasteiger partial charge in [-0.2, -0.15) is 18.3 Å². The lowest BCUT2D eigenvalue weighted by Gasteiger charge is -2.15. The molecule has 13 heteroatoms. The molecule has 0 aliphatic rings. The van der Waals surface area contributed by atoms with E-state index in [-0.39, 0.29) is 33.5 Å². The molecule has 0 saturated carbocycles. The summed E-state index contributed by atoms with van der Waals surface area (Å²) >= 11 is 5.87. The number of halogens is 4. The summed E-state index contributed by atoms with van der Waals surface area (Å²) in [6, 6.07) is 10.1. The van der Waals surface area contributed by atoms with E-state index in [0.717, 1.165) is 22.9 Å². The first-order valence-corrected chi connectivity index (χ1v) is 9.49. The molecule has 1 heterocycles. The number of rotatable bonds is 6. The molecular formula is C20H14ClF3N4O5. The second-order valence-electron chi connectivity index (χ2n) is 6.65. The van der Waals surface area contributed by atoms with Gasteiger partial charge in [-0.3, -0.25) is 19.7 Å². The van der Waals surface area contributed by atoms with Crippen LogP contribution in [-0.2, 0) is 0 Å². The Bertz CT molecular complexity index is 1290. The van der Waals surface area contributed by atoms with Crippen molar-refractivity contribution in [1.29, 1.82) is 0 Å². The minimum absolute atomic E-state index is 0.00556. The standard InChI is InChI=1S/C20H14ClF3N4O5/c1-11-8-16(29)18(26-27(11)14-4-2-3-5-15(14)28(31)32)19(30)25-13-9-12(21)6-7-17(13)33-10-20(22,23)24/h2-9H,10H2,1H3,(H,25,30). The summed E-state index contributed by atoms with van der Waals surface area (Å²) < 4.78 is 43.3. The summed E-state index contributed by atoms with van der Waals surface area (Å²) in [6.45, 7) is -0.155. The molecule has 0 saturated heterocycles. The number of ether oxygens (including phenoxy) is 1. The second kappa shape index (κ2) is 9.28. The summed E-state index contributed by atoms with van der Waals surface area (Å²) in [7, 11) is 0. The van der Waals surface area contributed by atoms with Crippen molar-refractivity contribution in [2.45, 2.75) is 13.1 Å². The Labute approximate surface area is 188 Å². The van der Waals surface area contributed by atoms with E-state index in [1.54, 1.807) is 0 Å². The van der Waals surface area contributed by atoms with E-state index in [1.165, 1.54) is 37.3 Å². The van der Waals surface area contributed by atoms with Gasteiger partial charge in [0.15, 0.2) is 12.3 Å². The highest BCUT2D eigenvalue weighted by Gasteiger charge is 2.29. The molecule has 0 atom stereocenters. The molecule has 9 nitrogen and oxygen atoms in total. The number of para-hydroxylation sites is 2. The first-order chi connectivity index (χ1) is 15.5. The maximum atomic E-state index is 12.8. The molecule has 0 unspecified atom stereocenters.